The predicted octanol–water partition coefficient (Wildman–Crippen LogP) is 0.725. The smallest absolute Gasteiger partial charge is 0.328 e. The van der Waals surface area contributed by atoms with Crippen LogP contribution in [0, 0.1) is 6.92 Å². The Labute approximate surface area is 82.8 Å². The summed E-state index contributed by atoms with van der Waals surface area (Å²) in [5.74, 6) is -0.303. The number of esters is 1. The van der Waals surface area contributed by atoms with Crippen LogP contribution in [-0.4, -0.2) is 21.9 Å². The number of aromatic nitrogens is 2. The van der Waals surface area contributed by atoms with Crippen LogP contribution in [0.4, 0.5) is 5.69 Å². The van der Waals surface area contributed by atoms with E-state index >= 15 is 0 Å². The van der Waals surface area contributed by atoms with Crippen LogP contribution in [0.15, 0.2) is 6.20 Å². The summed E-state index contributed by atoms with van der Waals surface area (Å²) in [6.45, 7) is 5.51. The number of aryl methyl sites for hydroxylation is 1. The molecule has 0 aliphatic carbocycles. The van der Waals surface area contributed by atoms with E-state index in [2.05, 4.69) is 5.10 Å². The molecule has 1 aromatic heterocycles. The van der Waals surface area contributed by atoms with Gasteiger partial charge in [-0.3, -0.25) is 9.48 Å². The lowest BCUT2D eigenvalue weighted by molar-refractivity contribution is -0.148. The third kappa shape index (κ3) is 2.76. The summed E-state index contributed by atoms with van der Waals surface area (Å²) >= 11 is 0. The maximum atomic E-state index is 11.2. The SMILES string of the molecule is Cc1nn(CC(=O)OC(C)C)cc1N. The average Bonchev–Trinajstić information content (AvgIpc) is 2.28. The highest BCUT2D eigenvalue weighted by Gasteiger charge is 2.08. The van der Waals surface area contributed by atoms with Gasteiger partial charge < -0.3 is 10.5 Å². The molecule has 0 unspecified atom stereocenters. The Morgan fingerprint density at radius 3 is 2.79 bits per heavy atom. The zero-order chi connectivity index (χ0) is 10.7. The molecule has 0 aliphatic heterocycles. The van der Waals surface area contributed by atoms with Crippen molar-refractivity contribution in [2.24, 2.45) is 0 Å². The third-order valence-electron chi connectivity index (χ3n) is 1.64. The quantitative estimate of drug-likeness (QED) is 0.725. The topological polar surface area (TPSA) is 70.1 Å². The van der Waals surface area contributed by atoms with E-state index in [1.54, 1.807) is 27.0 Å². The molecule has 0 aromatic carbocycles. The van der Waals surface area contributed by atoms with Crippen molar-refractivity contribution < 1.29 is 9.53 Å². The van der Waals surface area contributed by atoms with Gasteiger partial charge in [-0.25, -0.2) is 0 Å². The molecule has 1 heterocycles. The lowest BCUT2D eigenvalue weighted by Crippen LogP contribution is -2.17. The van der Waals surface area contributed by atoms with Crippen molar-refractivity contribution in [1.29, 1.82) is 0 Å². The van der Waals surface area contributed by atoms with Crippen molar-refractivity contribution >= 4 is 11.7 Å². The van der Waals surface area contributed by atoms with Crippen molar-refractivity contribution in [3.63, 3.8) is 0 Å². The van der Waals surface area contributed by atoms with Crippen molar-refractivity contribution in [3.8, 4) is 0 Å². The van der Waals surface area contributed by atoms with E-state index in [-0.39, 0.29) is 18.6 Å². The largest absolute Gasteiger partial charge is 0.462 e. The molecular weight excluding hydrogens is 182 g/mol. The van der Waals surface area contributed by atoms with Gasteiger partial charge in [-0.1, -0.05) is 0 Å². The van der Waals surface area contributed by atoms with Gasteiger partial charge in [-0.2, -0.15) is 5.10 Å². The number of rotatable bonds is 3. The summed E-state index contributed by atoms with van der Waals surface area (Å²) in [5, 5.41) is 4.05. The summed E-state index contributed by atoms with van der Waals surface area (Å²) in [4.78, 5) is 11.2. The number of carbonyl (C=O) groups is 1. The molecule has 1 aromatic rings. The second-order valence-electron chi connectivity index (χ2n) is 3.41. The van der Waals surface area contributed by atoms with Gasteiger partial charge in [-0.05, 0) is 20.8 Å². The first-order valence-corrected chi connectivity index (χ1v) is 4.48. The standard InChI is InChI=1S/C9H15N3O2/c1-6(2)14-9(13)5-12-4-8(10)7(3)11-12/h4,6H,5,10H2,1-3H3. The van der Waals surface area contributed by atoms with Gasteiger partial charge in [0.05, 0.1) is 17.5 Å². The highest BCUT2D eigenvalue weighted by atomic mass is 16.5. The van der Waals surface area contributed by atoms with Gasteiger partial charge in [-0.15, -0.1) is 0 Å². The number of nitrogens with zero attached hydrogens (tertiary/aromatic N) is 2. The van der Waals surface area contributed by atoms with Crippen molar-refractivity contribution in [3.05, 3.63) is 11.9 Å². The molecule has 0 bridgehead atoms. The molecule has 0 saturated carbocycles. The molecule has 0 atom stereocenters. The number of carbonyl (C=O) groups excluding carboxylic acids is 1. The monoisotopic (exact) mass is 197 g/mol. The van der Waals surface area contributed by atoms with Gasteiger partial charge in [0.15, 0.2) is 0 Å². The molecule has 5 nitrogen and oxygen atoms in total. The Morgan fingerprint density at radius 1 is 1.71 bits per heavy atom. The molecule has 0 fully saturated rings. The Hall–Kier alpha value is -1.52. The normalized spacial score (nSPS) is 10.6. The maximum Gasteiger partial charge on any atom is 0.328 e. The minimum atomic E-state index is -0.303. The third-order valence-corrected chi connectivity index (χ3v) is 1.64. The van der Waals surface area contributed by atoms with Gasteiger partial charge in [0.2, 0.25) is 0 Å². The van der Waals surface area contributed by atoms with E-state index in [1.165, 1.54) is 4.68 Å². The molecule has 0 aliphatic rings. The van der Waals surface area contributed by atoms with Crippen LogP contribution in [0.2, 0.25) is 0 Å². The van der Waals surface area contributed by atoms with Crippen LogP contribution < -0.4 is 5.73 Å². The molecule has 1 rings (SSSR count). The fourth-order valence-corrected chi connectivity index (χ4v) is 1.05. The molecule has 5 heteroatoms. The van der Waals surface area contributed by atoms with Crippen LogP contribution in [0.5, 0.6) is 0 Å². The van der Waals surface area contributed by atoms with Crippen molar-refractivity contribution in [2.75, 3.05) is 5.73 Å². The minimum absolute atomic E-state index is 0.100. The first-order chi connectivity index (χ1) is 6.49. The lowest BCUT2D eigenvalue weighted by Gasteiger charge is -2.07. The second-order valence-corrected chi connectivity index (χ2v) is 3.41. The van der Waals surface area contributed by atoms with Crippen LogP contribution in [0.1, 0.15) is 19.5 Å². The molecule has 0 saturated heterocycles. The molecule has 0 spiro atoms. The van der Waals surface area contributed by atoms with E-state index in [0.29, 0.717) is 5.69 Å². The Kier molecular flexibility index (Phi) is 3.11. The zero-order valence-corrected chi connectivity index (χ0v) is 8.65. The zero-order valence-electron chi connectivity index (χ0n) is 8.65. The van der Waals surface area contributed by atoms with Crippen LogP contribution in [-0.2, 0) is 16.1 Å². The van der Waals surface area contributed by atoms with E-state index in [9.17, 15) is 4.79 Å². The van der Waals surface area contributed by atoms with Gasteiger partial charge in [0, 0.05) is 6.20 Å². The first kappa shape index (κ1) is 10.6. The number of nitrogen functional groups attached to an aromatic ring is 1. The summed E-state index contributed by atoms with van der Waals surface area (Å²) < 4.78 is 6.44. The number of nitrogens with two attached hydrogens (primary N) is 1. The van der Waals surface area contributed by atoms with E-state index in [1.807, 2.05) is 0 Å². The average molecular weight is 197 g/mol. The Bertz CT molecular complexity index is 311. The van der Waals surface area contributed by atoms with E-state index < -0.39 is 0 Å². The minimum Gasteiger partial charge on any atom is -0.462 e. The molecule has 78 valence electrons. The van der Waals surface area contributed by atoms with Gasteiger partial charge in [0.1, 0.15) is 6.54 Å². The number of hydrogen-bond acceptors (Lipinski definition) is 4. The fourth-order valence-electron chi connectivity index (χ4n) is 1.05. The molecule has 14 heavy (non-hydrogen) atoms. The Morgan fingerprint density at radius 2 is 2.36 bits per heavy atom. The fraction of sp³-hybridized carbons (Fsp3) is 0.556. The maximum absolute atomic E-state index is 11.2. The Balaban J connectivity index is 2.56. The van der Waals surface area contributed by atoms with Crippen LogP contribution >= 0.6 is 0 Å². The first-order valence-electron chi connectivity index (χ1n) is 4.48. The van der Waals surface area contributed by atoms with Crippen LogP contribution in [0.3, 0.4) is 0 Å². The van der Waals surface area contributed by atoms with Gasteiger partial charge >= 0.3 is 5.97 Å². The van der Waals surface area contributed by atoms with Crippen LogP contribution in [0.25, 0.3) is 0 Å². The van der Waals surface area contributed by atoms with Crippen molar-refractivity contribution in [1.82, 2.24) is 9.78 Å². The summed E-state index contributed by atoms with van der Waals surface area (Å²) in [6.07, 6.45) is 1.52. The highest BCUT2D eigenvalue weighted by Crippen LogP contribution is 2.06. The van der Waals surface area contributed by atoms with E-state index in [4.69, 9.17) is 10.5 Å². The molecule has 2 N–H and O–H groups in total. The molecule has 0 amide bonds. The number of anilines is 1. The molecular formula is C9H15N3O2. The summed E-state index contributed by atoms with van der Waals surface area (Å²) in [6, 6.07) is 0. The number of ether oxygens (including phenoxy) is 1. The highest BCUT2D eigenvalue weighted by molar-refractivity contribution is 5.69. The van der Waals surface area contributed by atoms with Gasteiger partial charge in [0.25, 0.3) is 0 Å². The van der Waals surface area contributed by atoms with E-state index in [0.717, 1.165) is 5.69 Å². The number of hydrogen-bond donors (Lipinski definition) is 1. The predicted molar refractivity (Wildman–Crippen MR) is 52.6 cm³/mol. The molecule has 0 radical (unpaired) electrons. The summed E-state index contributed by atoms with van der Waals surface area (Å²) in [7, 11) is 0. The second kappa shape index (κ2) is 4.13. The van der Waals surface area contributed by atoms with Crippen molar-refractivity contribution in [2.45, 2.75) is 33.4 Å². The summed E-state index contributed by atoms with van der Waals surface area (Å²) in [5.41, 5.74) is 6.89. The lowest BCUT2D eigenvalue weighted by atomic mass is 10.4.